The molecule has 152 valence electrons. The van der Waals surface area contributed by atoms with Gasteiger partial charge in [0.2, 0.25) is 0 Å². The van der Waals surface area contributed by atoms with Gasteiger partial charge >= 0.3 is 0 Å². The van der Waals surface area contributed by atoms with Crippen LogP contribution in [0, 0.1) is 5.82 Å². The number of fused-ring (bicyclic) bond motifs is 1. The number of hydrogen-bond donors (Lipinski definition) is 0. The number of nitrogens with zero attached hydrogens (tertiary/aromatic N) is 2. The maximum atomic E-state index is 14.5. The van der Waals surface area contributed by atoms with Crippen molar-refractivity contribution in [3.05, 3.63) is 89.0 Å². The molecule has 0 aliphatic carbocycles. The molecule has 0 bridgehead atoms. The van der Waals surface area contributed by atoms with Crippen molar-refractivity contribution in [2.75, 3.05) is 13.2 Å². The fourth-order valence-corrected chi connectivity index (χ4v) is 4.34. The summed E-state index contributed by atoms with van der Waals surface area (Å²) in [6.45, 7) is 3.33. The lowest BCUT2D eigenvalue weighted by molar-refractivity contribution is 0.0996. The molecule has 0 aliphatic rings. The number of ether oxygens (including phenoxy) is 1. The Labute approximate surface area is 177 Å². The van der Waals surface area contributed by atoms with E-state index >= 15 is 0 Å². The van der Waals surface area contributed by atoms with Gasteiger partial charge in [0, 0.05) is 18.7 Å². The molecule has 0 atom stereocenters. The summed E-state index contributed by atoms with van der Waals surface area (Å²) in [5, 5.41) is 0. The lowest BCUT2D eigenvalue weighted by Crippen LogP contribution is -2.20. The first kappa shape index (κ1) is 20.2. The van der Waals surface area contributed by atoms with E-state index < -0.39 is 0 Å². The van der Waals surface area contributed by atoms with E-state index in [9.17, 15) is 9.18 Å². The highest BCUT2D eigenvalue weighted by Crippen LogP contribution is 2.21. The van der Waals surface area contributed by atoms with Crippen LogP contribution in [0.5, 0.6) is 0 Å². The lowest BCUT2D eigenvalue weighted by Gasteiger charge is -2.06. The van der Waals surface area contributed by atoms with Crippen LogP contribution in [0.1, 0.15) is 17.3 Å². The molecule has 4 aromatic rings. The standard InChI is InChI=1S/C24H21FN2O2S/c1-2-29-16-15-27-22-20(25)9-6-10-21(22)30-24(27)26-23(28)19-13-11-18(12-14-19)17-7-4-3-5-8-17/h3-14H,2,15-16H2,1H3. The molecule has 0 unspecified atom stereocenters. The van der Waals surface area contributed by atoms with Gasteiger partial charge in [0.1, 0.15) is 5.82 Å². The molecule has 1 heterocycles. The number of hydrogen-bond acceptors (Lipinski definition) is 3. The third kappa shape index (κ3) is 4.25. The van der Waals surface area contributed by atoms with Crippen molar-refractivity contribution >= 4 is 27.5 Å². The number of thiazole rings is 1. The van der Waals surface area contributed by atoms with E-state index in [1.54, 1.807) is 22.8 Å². The molecule has 4 nitrogen and oxygen atoms in total. The highest BCUT2D eigenvalue weighted by atomic mass is 32.1. The molecular weight excluding hydrogens is 399 g/mol. The predicted molar refractivity (Wildman–Crippen MR) is 118 cm³/mol. The summed E-state index contributed by atoms with van der Waals surface area (Å²) in [6, 6.07) is 22.2. The summed E-state index contributed by atoms with van der Waals surface area (Å²) in [5.41, 5.74) is 3.06. The number of aromatic nitrogens is 1. The van der Waals surface area contributed by atoms with Crippen molar-refractivity contribution in [2.45, 2.75) is 13.5 Å². The van der Waals surface area contributed by atoms with Crippen LogP contribution in [0.15, 0.2) is 77.8 Å². The first-order valence-corrected chi connectivity index (χ1v) is 10.6. The first-order valence-electron chi connectivity index (χ1n) is 9.77. The van der Waals surface area contributed by atoms with Crippen LogP contribution in [0.4, 0.5) is 4.39 Å². The maximum Gasteiger partial charge on any atom is 0.279 e. The predicted octanol–water partition coefficient (Wildman–Crippen LogP) is 5.29. The quantitative estimate of drug-likeness (QED) is 0.398. The summed E-state index contributed by atoms with van der Waals surface area (Å²) in [5.74, 6) is -0.687. The van der Waals surface area contributed by atoms with Crippen molar-refractivity contribution in [2.24, 2.45) is 4.99 Å². The van der Waals surface area contributed by atoms with Gasteiger partial charge in [-0.1, -0.05) is 59.9 Å². The van der Waals surface area contributed by atoms with Gasteiger partial charge in [-0.15, -0.1) is 0 Å². The van der Waals surface area contributed by atoms with E-state index in [4.69, 9.17) is 4.74 Å². The van der Waals surface area contributed by atoms with E-state index in [0.717, 1.165) is 15.8 Å². The van der Waals surface area contributed by atoms with Crippen LogP contribution in [0.2, 0.25) is 0 Å². The molecule has 0 N–H and O–H groups in total. The molecule has 4 rings (SSSR count). The average molecular weight is 421 g/mol. The van der Waals surface area contributed by atoms with Crippen molar-refractivity contribution in [1.29, 1.82) is 0 Å². The van der Waals surface area contributed by atoms with Gasteiger partial charge in [-0.25, -0.2) is 4.39 Å². The molecule has 0 spiro atoms. The second-order valence-corrected chi connectivity index (χ2v) is 7.69. The largest absolute Gasteiger partial charge is 0.380 e. The SMILES string of the molecule is CCOCCn1c(=NC(=O)c2ccc(-c3ccccc3)cc2)sc2cccc(F)c21. The number of rotatable bonds is 6. The molecule has 1 amide bonds. The second kappa shape index (κ2) is 9.15. The summed E-state index contributed by atoms with van der Waals surface area (Å²) < 4.78 is 22.4. The number of halogens is 1. The molecule has 0 radical (unpaired) electrons. The van der Waals surface area contributed by atoms with Crippen LogP contribution in [-0.2, 0) is 11.3 Å². The summed E-state index contributed by atoms with van der Waals surface area (Å²) >= 11 is 1.30. The third-order valence-corrected chi connectivity index (χ3v) is 5.79. The fourth-order valence-electron chi connectivity index (χ4n) is 3.27. The number of para-hydroxylation sites is 1. The van der Waals surface area contributed by atoms with Gasteiger partial charge in [0.25, 0.3) is 5.91 Å². The summed E-state index contributed by atoms with van der Waals surface area (Å²) in [7, 11) is 0. The molecule has 30 heavy (non-hydrogen) atoms. The minimum absolute atomic E-state index is 0.332. The summed E-state index contributed by atoms with van der Waals surface area (Å²) in [4.78, 5) is 17.6. The monoisotopic (exact) mass is 420 g/mol. The van der Waals surface area contributed by atoms with Gasteiger partial charge in [-0.3, -0.25) is 4.79 Å². The van der Waals surface area contributed by atoms with Crippen molar-refractivity contribution in [1.82, 2.24) is 4.57 Å². The molecule has 3 aromatic carbocycles. The Hall–Kier alpha value is -3.09. The molecule has 0 aliphatic heterocycles. The second-order valence-electron chi connectivity index (χ2n) is 6.68. The van der Waals surface area contributed by atoms with E-state index in [0.29, 0.717) is 35.6 Å². The van der Waals surface area contributed by atoms with Crippen LogP contribution >= 0.6 is 11.3 Å². The summed E-state index contributed by atoms with van der Waals surface area (Å²) in [6.07, 6.45) is 0. The maximum absolute atomic E-state index is 14.5. The number of carbonyl (C=O) groups is 1. The Morgan fingerprint density at radius 2 is 1.73 bits per heavy atom. The van der Waals surface area contributed by atoms with Crippen molar-refractivity contribution in [3.8, 4) is 11.1 Å². The zero-order chi connectivity index (χ0) is 20.9. The number of amides is 1. The normalized spacial score (nSPS) is 11.9. The average Bonchev–Trinajstić information content (AvgIpc) is 3.13. The smallest absolute Gasteiger partial charge is 0.279 e. The molecular formula is C24H21FN2O2S. The van der Waals surface area contributed by atoms with E-state index in [-0.39, 0.29) is 11.7 Å². The zero-order valence-corrected chi connectivity index (χ0v) is 17.4. The molecule has 0 saturated heterocycles. The van der Waals surface area contributed by atoms with Gasteiger partial charge in [-0.2, -0.15) is 4.99 Å². The highest BCUT2D eigenvalue weighted by Gasteiger charge is 2.12. The minimum atomic E-state index is -0.355. The first-order chi connectivity index (χ1) is 14.7. The topological polar surface area (TPSA) is 43.6 Å². The van der Waals surface area contributed by atoms with E-state index in [1.165, 1.54) is 17.4 Å². The van der Waals surface area contributed by atoms with Crippen molar-refractivity contribution in [3.63, 3.8) is 0 Å². The van der Waals surface area contributed by atoms with Crippen LogP contribution in [0.3, 0.4) is 0 Å². The zero-order valence-electron chi connectivity index (χ0n) is 16.5. The van der Waals surface area contributed by atoms with Crippen LogP contribution < -0.4 is 4.80 Å². The van der Waals surface area contributed by atoms with Crippen LogP contribution in [0.25, 0.3) is 21.3 Å². The van der Waals surface area contributed by atoms with E-state index in [2.05, 4.69) is 4.99 Å². The van der Waals surface area contributed by atoms with Gasteiger partial charge in [0.15, 0.2) is 4.80 Å². The number of benzene rings is 3. The Morgan fingerprint density at radius 3 is 2.47 bits per heavy atom. The lowest BCUT2D eigenvalue weighted by atomic mass is 10.0. The third-order valence-electron chi connectivity index (χ3n) is 4.75. The van der Waals surface area contributed by atoms with Crippen molar-refractivity contribution < 1.29 is 13.9 Å². The highest BCUT2D eigenvalue weighted by molar-refractivity contribution is 7.16. The fraction of sp³-hybridized carbons (Fsp3) is 0.167. The minimum Gasteiger partial charge on any atom is -0.380 e. The Kier molecular flexibility index (Phi) is 6.16. The Bertz CT molecular complexity index is 1230. The Balaban J connectivity index is 1.69. The van der Waals surface area contributed by atoms with Crippen LogP contribution in [-0.4, -0.2) is 23.7 Å². The molecule has 1 aromatic heterocycles. The number of carbonyl (C=O) groups excluding carboxylic acids is 1. The van der Waals surface area contributed by atoms with Gasteiger partial charge in [-0.05, 0) is 42.3 Å². The molecule has 0 fully saturated rings. The van der Waals surface area contributed by atoms with E-state index in [1.807, 2.05) is 55.5 Å². The van der Waals surface area contributed by atoms with Gasteiger partial charge in [0.05, 0.1) is 16.8 Å². The molecule has 0 saturated carbocycles. The Morgan fingerprint density at radius 1 is 1.00 bits per heavy atom. The molecule has 6 heteroatoms. The van der Waals surface area contributed by atoms with Gasteiger partial charge < -0.3 is 9.30 Å².